The van der Waals surface area contributed by atoms with Gasteiger partial charge in [0.15, 0.2) is 5.58 Å². The number of oxazole rings is 1. The van der Waals surface area contributed by atoms with E-state index in [-0.39, 0.29) is 23.7 Å². The Labute approximate surface area is 119 Å². The first-order valence-corrected chi connectivity index (χ1v) is 6.53. The van der Waals surface area contributed by atoms with Crippen molar-refractivity contribution in [2.24, 2.45) is 0 Å². The number of likely N-dealkylation sites (N-methyl/N-ethyl adjacent to an activating group) is 1. The number of carbonyl (C=O) groups excluding carboxylic acids is 1. The third-order valence-corrected chi connectivity index (χ3v) is 3.27. The second kappa shape index (κ2) is 5.78. The van der Waals surface area contributed by atoms with Gasteiger partial charge in [0.05, 0.1) is 16.5 Å². The van der Waals surface area contributed by atoms with E-state index in [9.17, 15) is 19.7 Å². The zero-order valence-corrected chi connectivity index (χ0v) is 11.7. The molecule has 1 heterocycles. The molecule has 0 aliphatic carbocycles. The van der Waals surface area contributed by atoms with Crippen molar-refractivity contribution in [1.82, 2.24) is 9.47 Å². The van der Waals surface area contributed by atoms with E-state index in [0.29, 0.717) is 18.6 Å². The van der Waals surface area contributed by atoms with Crippen molar-refractivity contribution in [1.29, 1.82) is 0 Å². The Morgan fingerprint density at radius 3 is 2.62 bits per heavy atom. The fourth-order valence-corrected chi connectivity index (χ4v) is 2.13. The van der Waals surface area contributed by atoms with Crippen LogP contribution in [0.1, 0.15) is 13.8 Å². The number of amides is 1. The molecule has 0 fully saturated rings. The van der Waals surface area contributed by atoms with Gasteiger partial charge in [0.25, 0.3) is 5.69 Å². The number of nitro benzene ring substituents is 1. The lowest BCUT2D eigenvalue weighted by Crippen LogP contribution is -2.35. The summed E-state index contributed by atoms with van der Waals surface area (Å²) < 4.78 is 6.15. The van der Waals surface area contributed by atoms with Crippen molar-refractivity contribution in [2.75, 3.05) is 13.1 Å². The number of benzene rings is 1. The highest BCUT2D eigenvalue weighted by atomic mass is 16.6. The van der Waals surface area contributed by atoms with Crippen LogP contribution in [0, 0.1) is 10.1 Å². The molecule has 112 valence electrons. The number of nitrogens with zero attached hydrogens (tertiary/aromatic N) is 3. The smallest absolute Gasteiger partial charge is 0.407 e. The van der Waals surface area contributed by atoms with Gasteiger partial charge in [-0.2, -0.15) is 0 Å². The van der Waals surface area contributed by atoms with Crippen molar-refractivity contribution < 1.29 is 14.1 Å². The Hall–Kier alpha value is -2.64. The highest BCUT2D eigenvalue weighted by molar-refractivity contribution is 5.80. The minimum Gasteiger partial charge on any atom is -0.407 e. The SMILES string of the molecule is CCN(CC)C(=O)Cn1c(=O)oc2cc([N+](=O)[O-])ccc21. The largest absolute Gasteiger partial charge is 0.420 e. The van der Waals surface area contributed by atoms with Gasteiger partial charge in [0.2, 0.25) is 5.91 Å². The molecule has 8 nitrogen and oxygen atoms in total. The summed E-state index contributed by atoms with van der Waals surface area (Å²) in [6.07, 6.45) is 0. The fourth-order valence-electron chi connectivity index (χ4n) is 2.13. The molecule has 0 bridgehead atoms. The van der Waals surface area contributed by atoms with Crippen molar-refractivity contribution in [2.45, 2.75) is 20.4 Å². The normalized spacial score (nSPS) is 10.8. The number of aromatic nitrogens is 1. The van der Waals surface area contributed by atoms with Crippen LogP contribution in [0.2, 0.25) is 0 Å². The molecular weight excluding hydrogens is 278 g/mol. The molecule has 1 amide bonds. The molecule has 0 atom stereocenters. The molecule has 0 aliphatic rings. The number of non-ortho nitro benzene ring substituents is 1. The van der Waals surface area contributed by atoms with Crippen LogP contribution in [0.25, 0.3) is 11.1 Å². The molecule has 0 N–H and O–H groups in total. The van der Waals surface area contributed by atoms with E-state index in [1.807, 2.05) is 13.8 Å². The van der Waals surface area contributed by atoms with Crippen LogP contribution in [0.15, 0.2) is 27.4 Å². The first-order valence-electron chi connectivity index (χ1n) is 6.53. The second-order valence-electron chi connectivity index (χ2n) is 4.43. The highest BCUT2D eigenvalue weighted by Gasteiger charge is 2.18. The number of fused-ring (bicyclic) bond motifs is 1. The third kappa shape index (κ3) is 2.78. The summed E-state index contributed by atoms with van der Waals surface area (Å²) in [5.41, 5.74) is 0.297. The average molecular weight is 293 g/mol. The quantitative estimate of drug-likeness (QED) is 0.612. The molecule has 0 spiro atoms. The minimum absolute atomic E-state index is 0.0987. The molecule has 1 aromatic heterocycles. The summed E-state index contributed by atoms with van der Waals surface area (Å²) in [6, 6.07) is 3.86. The summed E-state index contributed by atoms with van der Waals surface area (Å²) in [7, 11) is 0. The number of nitro groups is 1. The van der Waals surface area contributed by atoms with Crippen LogP contribution in [-0.2, 0) is 11.3 Å². The van der Waals surface area contributed by atoms with Gasteiger partial charge in [0.1, 0.15) is 6.54 Å². The maximum atomic E-state index is 12.1. The Kier molecular flexibility index (Phi) is 4.06. The first-order chi connectivity index (χ1) is 9.97. The van der Waals surface area contributed by atoms with Crippen molar-refractivity contribution >= 4 is 22.7 Å². The zero-order chi connectivity index (χ0) is 15.6. The fraction of sp³-hybridized carbons (Fsp3) is 0.385. The lowest BCUT2D eigenvalue weighted by molar-refractivity contribution is -0.384. The number of hydrogen-bond acceptors (Lipinski definition) is 5. The molecule has 0 aliphatic heterocycles. The Balaban J connectivity index is 2.41. The third-order valence-electron chi connectivity index (χ3n) is 3.27. The Morgan fingerprint density at radius 1 is 1.38 bits per heavy atom. The van der Waals surface area contributed by atoms with Crippen LogP contribution < -0.4 is 5.76 Å². The molecule has 0 unspecified atom stereocenters. The zero-order valence-electron chi connectivity index (χ0n) is 11.7. The van der Waals surface area contributed by atoms with Crippen molar-refractivity contribution in [3.8, 4) is 0 Å². The topological polar surface area (TPSA) is 98.6 Å². The molecule has 0 saturated carbocycles. The maximum absolute atomic E-state index is 12.1. The van der Waals surface area contributed by atoms with Crippen molar-refractivity contribution in [3.05, 3.63) is 38.9 Å². The van der Waals surface area contributed by atoms with Gasteiger partial charge in [0, 0.05) is 19.2 Å². The number of rotatable bonds is 5. The first kappa shape index (κ1) is 14.8. The van der Waals surface area contributed by atoms with Gasteiger partial charge in [-0.3, -0.25) is 19.5 Å². The van der Waals surface area contributed by atoms with Gasteiger partial charge in [-0.15, -0.1) is 0 Å². The Bertz CT molecular complexity index is 742. The lowest BCUT2D eigenvalue weighted by atomic mass is 10.3. The molecule has 2 aromatic rings. The van der Waals surface area contributed by atoms with E-state index in [4.69, 9.17) is 4.42 Å². The number of hydrogen-bond donors (Lipinski definition) is 0. The standard InChI is InChI=1S/C13H15N3O5/c1-3-14(4-2)12(17)8-15-10-6-5-9(16(19)20)7-11(10)21-13(15)18/h5-7H,3-4,8H2,1-2H3. The van der Waals surface area contributed by atoms with Crippen molar-refractivity contribution in [3.63, 3.8) is 0 Å². The van der Waals surface area contributed by atoms with Gasteiger partial charge in [-0.25, -0.2) is 4.79 Å². The molecular formula is C13H15N3O5. The van der Waals surface area contributed by atoms with Crippen LogP contribution in [0.4, 0.5) is 5.69 Å². The predicted octanol–water partition coefficient (Wildman–Crippen LogP) is 1.37. The van der Waals surface area contributed by atoms with Crippen LogP contribution in [0.3, 0.4) is 0 Å². The van der Waals surface area contributed by atoms with E-state index in [1.165, 1.54) is 22.8 Å². The highest BCUT2D eigenvalue weighted by Crippen LogP contribution is 2.20. The minimum atomic E-state index is -0.703. The molecule has 21 heavy (non-hydrogen) atoms. The van der Waals surface area contributed by atoms with Gasteiger partial charge in [-0.1, -0.05) is 0 Å². The Morgan fingerprint density at radius 2 is 2.05 bits per heavy atom. The molecule has 1 aromatic carbocycles. The summed E-state index contributed by atoms with van der Waals surface area (Å²) in [5.74, 6) is -0.908. The summed E-state index contributed by atoms with van der Waals surface area (Å²) >= 11 is 0. The van der Waals surface area contributed by atoms with E-state index in [0.717, 1.165) is 0 Å². The van der Waals surface area contributed by atoms with Crippen LogP contribution >= 0.6 is 0 Å². The van der Waals surface area contributed by atoms with E-state index < -0.39 is 10.7 Å². The summed E-state index contributed by atoms with van der Waals surface area (Å²) in [4.78, 5) is 35.6. The van der Waals surface area contributed by atoms with E-state index >= 15 is 0 Å². The number of carbonyl (C=O) groups is 1. The van der Waals surface area contributed by atoms with E-state index in [2.05, 4.69) is 0 Å². The van der Waals surface area contributed by atoms with Gasteiger partial charge < -0.3 is 9.32 Å². The van der Waals surface area contributed by atoms with Crippen LogP contribution in [0.5, 0.6) is 0 Å². The lowest BCUT2D eigenvalue weighted by Gasteiger charge is -2.18. The maximum Gasteiger partial charge on any atom is 0.420 e. The second-order valence-corrected chi connectivity index (χ2v) is 4.43. The predicted molar refractivity (Wildman–Crippen MR) is 75.1 cm³/mol. The van der Waals surface area contributed by atoms with Crippen LogP contribution in [-0.4, -0.2) is 33.4 Å². The molecule has 0 radical (unpaired) electrons. The summed E-state index contributed by atoms with van der Waals surface area (Å²) in [5, 5.41) is 10.7. The molecule has 2 rings (SSSR count). The molecule has 8 heteroatoms. The average Bonchev–Trinajstić information content (AvgIpc) is 2.75. The monoisotopic (exact) mass is 293 g/mol. The van der Waals surface area contributed by atoms with Gasteiger partial charge >= 0.3 is 5.76 Å². The van der Waals surface area contributed by atoms with E-state index in [1.54, 1.807) is 4.90 Å². The summed E-state index contributed by atoms with van der Waals surface area (Å²) in [6.45, 7) is 4.64. The van der Waals surface area contributed by atoms with Gasteiger partial charge in [-0.05, 0) is 19.9 Å². The molecule has 0 saturated heterocycles.